The number of hydrogen-bond acceptors (Lipinski definition) is 3. The van der Waals surface area contributed by atoms with E-state index in [2.05, 4.69) is 15.6 Å². The van der Waals surface area contributed by atoms with E-state index in [4.69, 9.17) is 4.74 Å². The van der Waals surface area contributed by atoms with Crippen LogP contribution in [0.2, 0.25) is 0 Å². The number of hydrogen-bond donors (Lipinski definition) is 0. The van der Waals surface area contributed by atoms with Crippen molar-refractivity contribution in [1.29, 1.82) is 0 Å². The van der Waals surface area contributed by atoms with Crippen LogP contribution in [0.4, 0.5) is 0 Å². The van der Waals surface area contributed by atoms with Crippen LogP contribution in [0.5, 0.6) is 5.88 Å². The first-order chi connectivity index (χ1) is 10.6. The third-order valence-electron chi connectivity index (χ3n) is 3.83. The van der Waals surface area contributed by atoms with E-state index >= 15 is 0 Å². The minimum absolute atomic E-state index is 0.0167. The number of nitrogens with zero attached hydrogens (tertiary/aromatic N) is 3. The summed E-state index contributed by atoms with van der Waals surface area (Å²) in [7, 11) is 0. The summed E-state index contributed by atoms with van der Waals surface area (Å²) in [6, 6.07) is 9.67. The normalized spacial score (nSPS) is 18.0. The summed E-state index contributed by atoms with van der Waals surface area (Å²) in [5.74, 6) is 0.737. The Balaban J connectivity index is 1.82. The Morgan fingerprint density at radius 3 is 2.86 bits per heavy atom. The molecule has 0 saturated carbocycles. The minimum atomic E-state index is -0.105. The van der Waals surface area contributed by atoms with Crippen molar-refractivity contribution in [2.24, 2.45) is 5.92 Å². The van der Waals surface area contributed by atoms with Gasteiger partial charge in [0.1, 0.15) is 6.10 Å². The van der Waals surface area contributed by atoms with E-state index in [9.17, 15) is 4.79 Å². The Labute approximate surface area is 130 Å². The highest BCUT2D eigenvalue weighted by atomic mass is 16.5. The van der Waals surface area contributed by atoms with Gasteiger partial charge in [-0.15, -0.1) is 0 Å². The van der Waals surface area contributed by atoms with Gasteiger partial charge >= 0.3 is 0 Å². The molecule has 0 unspecified atom stereocenters. The van der Waals surface area contributed by atoms with Crippen molar-refractivity contribution in [3.8, 4) is 5.88 Å². The van der Waals surface area contributed by atoms with Gasteiger partial charge in [-0.05, 0) is 18.2 Å². The monoisotopic (exact) mass is 299 g/mol. The topological polar surface area (TPSA) is 47.4 Å². The second-order valence-electron chi connectivity index (χ2n) is 5.93. The number of ether oxygens (including phenoxy) is 1. The van der Waals surface area contributed by atoms with Crippen LogP contribution in [0.3, 0.4) is 0 Å². The summed E-state index contributed by atoms with van der Waals surface area (Å²) < 4.78 is 8.15. The molecule has 5 heteroatoms. The van der Waals surface area contributed by atoms with Gasteiger partial charge in [-0.3, -0.25) is 4.79 Å². The summed E-state index contributed by atoms with van der Waals surface area (Å²) in [5, 5.41) is 0. The molecule has 0 spiro atoms. The molecule has 2 aromatic heterocycles. The van der Waals surface area contributed by atoms with Crippen LogP contribution in [-0.4, -0.2) is 33.0 Å². The quantitative estimate of drug-likeness (QED) is 0.874. The molecule has 0 aliphatic carbocycles. The van der Waals surface area contributed by atoms with Crippen LogP contribution < -0.4 is 4.74 Å². The SMILES string of the molecule is CC(C)C(=O)N1Cc2cccn2C[C@@H](Oc2ccccn2)C1. The molecule has 5 nitrogen and oxygen atoms in total. The minimum Gasteiger partial charge on any atom is -0.471 e. The van der Waals surface area contributed by atoms with Gasteiger partial charge in [0, 0.05) is 30.1 Å². The highest BCUT2D eigenvalue weighted by Gasteiger charge is 2.27. The van der Waals surface area contributed by atoms with Crippen molar-refractivity contribution in [3.63, 3.8) is 0 Å². The zero-order chi connectivity index (χ0) is 15.5. The van der Waals surface area contributed by atoms with E-state index in [0.717, 1.165) is 12.2 Å². The summed E-state index contributed by atoms with van der Waals surface area (Å²) >= 11 is 0. The second kappa shape index (κ2) is 6.22. The Morgan fingerprint density at radius 1 is 1.27 bits per heavy atom. The van der Waals surface area contributed by atoms with E-state index in [-0.39, 0.29) is 17.9 Å². The first-order valence-electron chi connectivity index (χ1n) is 7.64. The lowest BCUT2D eigenvalue weighted by Crippen LogP contribution is -2.40. The molecule has 1 aliphatic heterocycles. The van der Waals surface area contributed by atoms with Crippen molar-refractivity contribution in [2.75, 3.05) is 6.54 Å². The van der Waals surface area contributed by atoms with Crippen LogP contribution in [0, 0.1) is 5.92 Å². The summed E-state index contributed by atoms with van der Waals surface area (Å²) in [5.41, 5.74) is 1.14. The molecule has 3 rings (SSSR count). The molecule has 0 N–H and O–H groups in total. The Kier molecular flexibility index (Phi) is 4.13. The summed E-state index contributed by atoms with van der Waals surface area (Å²) in [4.78, 5) is 18.5. The molecule has 1 amide bonds. The Bertz CT molecular complexity index is 636. The third kappa shape index (κ3) is 3.13. The van der Waals surface area contributed by atoms with E-state index in [1.807, 2.05) is 49.2 Å². The van der Waals surface area contributed by atoms with E-state index < -0.39 is 0 Å². The van der Waals surface area contributed by atoms with Crippen molar-refractivity contribution in [3.05, 3.63) is 48.4 Å². The maximum absolute atomic E-state index is 12.4. The number of carbonyl (C=O) groups is 1. The van der Waals surface area contributed by atoms with Crippen LogP contribution in [0.15, 0.2) is 42.7 Å². The Hall–Kier alpha value is -2.30. The summed E-state index contributed by atoms with van der Waals surface area (Å²) in [6.07, 6.45) is 3.64. The third-order valence-corrected chi connectivity index (χ3v) is 3.83. The highest BCUT2D eigenvalue weighted by Crippen LogP contribution is 2.18. The maximum Gasteiger partial charge on any atom is 0.225 e. The predicted molar refractivity (Wildman–Crippen MR) is 83.3 cm³/mol. The largest absolute Gasteiger partial charge is 0.471 e. The molecule has 0 bridgehead atoms. The van der Waals surface area contributed by atoms with Crippen molar-refractivity contribution in [2.45, 2.75) is 33.0 Å². The number of pyridine rings is 1. The van der Waals surface area contributed by atoms with Crippen LogP contribution >= 0.6 is 0 Å². The van der Waals surface area contributed by atoms with Crippen LogP contribution in [-0.2, 0) is 17.9 Å². The molecule has 1 aliphatic rings. The zero-order valence-electron chi connectivity index (χ0n) is 13.0. The fourth-order valence-electron chi connectivity index (χ4n) is 2.75. The molecule has 116 valence electrons. The van der Waals surface area contributed by atoms with Gasteiger partial charge in [-0.2, -0.15) is 0 Å². The average Bonchev–Trinajstić information content (AvgIpc) is 2.86. The smallest absolute Gasteiger partial charge is 0.225 e. The van der Waals surface area contributed by atoms with Gasteiger partial charge in [0.05, 0.1) is 19.6 Å². The van der Waals surface area contributed by atoms with Gasteiger partial charge in [-0.25, -0.2) is 4.98 Å². The lowest BCUT2D eigenvalue weighted by molar-refractivity contribution is -0.136. The lowest BCUT2D eigenvalue weighted by Gasteiger charge is -2.26. The molecule has 0 fully saturated rings. The van der Waals surface area contributed by atoms with Gasteiger partial charge < -0.3 is 14.2 Å². The van der Waals surface area contributed by atoms with E-state index in [1.54, 1.807) is 6.20 Å². The molecule has 0 radical (unpaired) electrons. The van der Waals surface area contributed by atoms with Gasteiger partial charge in [0.25, 0.3) is 0 Å². The lowest BCUT2D eigenvalue weighted by atomic mass is 10.1. The van der Waals surface area contributed by atoms with Gasteiger partial charge in [0.2, 0.25) is 11.8 Å². The highest BCUT2D eigenvalue weighted by molar-refractivity contribution is 5.78. The van der Waals surface area contributed by atoms with Crippen LogP contribution in [0.25, 0.3) is 0 Å². The van der Waals surface area contributed by atoms with Crippen molar-refractivity contribution >= 4 is 5.91 Å². The average molecular weight is 299 g/mol. The van der Waals surface area contributed by atoms with Crippen molar-refractivity contribution in [1.82, 2.24) is 14.5 Å². The number of aromatic nitrogens is 2. The molecular formula is C17H21N3O2. The standard InChI is InChI=1S/C17H21N3O2/c1-13(2)17(21)20-10-14-6-5-9-19(14)11-15(12-20)22-16-7-3-4-8-18-16/h3-9,13,15H,10-12H2,1-2H3/t15-/m1/s1. The number of fused-ring (bicyclic) bond motifs is 1. The molecule has 0 aromatic carbocycles. The molecule has 3 heterocycles. The fraction of sp³-hybridized carbons (Fsp3) is 0.412. The first-order valence-corrected chi connectivity index (χ1v) is 7.64. The van der Waals surface area contributed by atoms with E-state index in [0.29, 0.717) is 19.0 Å². The van der Waals surface area contributed by atoms with Crippen molar-refractivity contribution < 1.29 is 9.53 Å². The zero-order valence-corrected chi connectivity index (χ0v) is 13.0. The maximum atomic E-state index is 12.4. The fourth-order valence-corrected chi connectivity index (χ4v) is 2.75. The first kappa shape index (κ1) is 14.6. The molecule has 0 saturated heterocycles. The second-order valence-corrected chi connectivity index (χ2v) is 5.93. The molecule has 1 atom stereocenters. The molecular weight excluding hydrogens is 278 g/mol. The van der Waals surface area contributed by atoms with E-state index in [1.165, 1.54) is 0 Å². The Morgan fingerprint density at radius 2 is 2.14 bits per heavy atom. The number of rotatable bonds is 3. The molecule has 22 heavy (non-hydrogen) atoms. The van der Waals surface area contributed by atoms with Crippen LogP contribution in [0.1, 0.15) is 19.5 Å². The van der Waals surface area contributed by atoms with Gasteiger partial charge in [-0.1, -0.05) is 19.9 Å². The predicted octanol–water partition coefficient (Wildman–Crippen LogP) is 2.33. The number of carbonyl (C=O) groups excluding carboxylic acids is 1. The summed E-state index contributed by atoms with van der Waals surface area (Å²) in [6.45, 7) is 5.80. The molecule has 2 aromatic rings. The van der Waals surface area contributed by atoms with Gasteiger partial charge in [0.15, 0.2) is 0 Å². The number of amides is 1.